The number of hydrogen-bond acceptors (Lipinski definition) is 4. The topological polar surface area (TPSA) is 64.7 Å². The van der Waals surface area contributed by atoms with Crippen molar-refractivity contribution in [1.29, 1.82) is 0 Å². The zero-order valence-electron chi connectivity index (χ0n) is 20.0. The second-order valence-corrected chi connectivity index (χ2v) is 10.4. The highest BCUT2D eigenvalue weighted by molar-refractivity contribution is 5.90. The molecule has 2 N–H and O–H groups in total. The number of carbonyl (C=O) groups excluding carboxylic acids is 2. The summed E-state index contributed by atoms with van der Waals surface area (Å²) >= 11 is 0. The van der Waals surface area contributed by atoms with Crippen LogP contribution in [-0.2, 0) is 9.59 Å². The van der Waals surface area contributed by atoms with E-state index in [0.717, 1.165) is 45.4 Å². The van der Waals surface area contributed by atoms with E-state index in [2.05, 4.69) is 38.7 Å². The van der Waals surface area contributed by atoms with Crippen molar-refractivity contribution in [3.63, 3.8) is 0 Å². The third-order valence-electron chi connectivity index (χ3n) is 8.02. The average molecular weight is 443 g/mol. The number of nitrogens with zero attached hydrogens (tertiary/aromatic N) is 2. The summed E-state index contributed by atoms with van der Waals surface area (Å²) in [5, 5.41) is 6.08. The van der Waals surface area contributed by atoms with Crippen LogP contribution < -0.4 is 10.6 Å². The third-order valence-corrected chi connectivity index (χ3v) is 8.02. The van der Waals surface area contributed by atoms with Gasteiger partial charge in [0.2, 0.25) is 11.8 Å². The zero-order valence-corrected chi connectivity index (χ0v) is 20.0. The maximum atomic E-state index is 13.7. The van der Waals surface area contributed by atoms with Crippen molar-refractivity contribution in [2.75, 3.05) is 33.2 Å². The van der Waals surface area contributed by atoms with Crippen LogP contribution in [0.3, 0.4) is 0 Å². The Kier molecular flexibility index (Phi) is 8.06. The van der Waals surface area contributed by atoms with Gasteiger partial charge in [-0.1, -0.05) is 36.6 Å². The molecule has 2 saturated heterocycles. The Hall–Kier alpha value is -1.66. The molecule has 0 aromatic rings. The van der Waals surface area contributed by atoms with Gasteiger partial charge in [0.15, 0.2) is 0 Å². The number of carbonyl (C=O) groups is 2. The van der Waals surface area contributed by atoms with Gasteiger partial charge in [-0.15, -0.1) is 0 Å². The number of rotatable bonds is 9. The summed E-state index contributed by atoms with van der Waals surface area (Å²) in [5.41, 5.74) is 1.55. The lowest BCUT2D eigenvalue weighted by molar-refractivity contribution is -0.138. The van der Waals surface area contributed by atoms with E-state index in [-0.39, 0.29) is 23.9 Å². The number of amides is 2. The van der Waals surface area contributed by atoms with E-state index in [0.29, 0.717) is 17.9 Å². The van der Waals surface area contributed by atoms with E-state index in [1.54, 1.807) is 12.6 Å². The van der Waals surface area contributed by atoms with Gasteiger partial charge in [-0.25, -0.2) is 0 Å². The van der Waals surface area contributed by atoms with Crippen molar-refractivity contribution in [1.82, 2.24) is 20.4 Å². The first-order valence-electron chi connectivity index (χ1n) is 12.9. The van der Waals surface area contributed by atoms with Gasteiger partial charge >= 0.3 is 0 Å². The number of fused-ring (bicyclic) bond motifs is 1. The van der Waals surface area contributed by atoms with Gasteiger partial charge in [-0.2, -0.15) is 0 Å². The first-order chi connectivity index (χ1) is 15.5. The van der Waals surface area contributed by atoms with Crippen molar-refractivity contribution in [2.45, 2.75) is 82.8 Å². The van der Waals surface area contributed by atoms with Gasteiger partial charge in [0.1, 0.15) is 6.04 Å². The Balaban J connectivity index is 1.39. The molecule has 2 amide bonds. The van der Waals surface area contributed by atoms with Crippen LogP contribution in [0.4, 0.5) is 0 Å². The molecule has 0 aromatic heterocycles. The first-order valence-corrected chi connectivity index (χ1v) is 12.9. The van der Waals surface area contributed by atoms with Crippen LogP contribution in [0.25, 0.3) is 0 Å². The molecule has 0 radical (unpaired) electrons. The van der Waals surface area contributed by atoms with Gasteiger partial charge < -0.3 is 20.4 Å². The summed E-state index contributed by atoms with van der Waals surface area (Å²) in [6, 6.07) is -0.362. The molecule has 178 valence electrons. The number of allylic oxidation sites excluding steroid dienone is 3. The molecule has 2 heterocycles. The fourth-order valence-electron chi connectivity index (χ4n) is 5.61. The maximum Gasteiger partial charge on any atom is 0.245 e. The van der Waals surface area contributed by atoms with Crippen LogP contribution in [-0.4, -0.2) is 73.0 Å². The molecule has 4 aliphatic rings. The van der Waals surface area contributed by atoms with Crippen LogP contribution in [0.15, 0.2) is 23.8 Å². The molecule has 0 bridgehead atoms. The molecular formula is C26H42N4O2. The molecular weight excluding hydrogens is 400 g/mol. The molecule has 1 saturated carbocycles. The van der Waals surface area contributed by atoms with Crippen LogP contribution in [0, 0.1) is 11.8 Å². The summed E-state index contributed by atoms with van der Waals surface area (Å²) in [6.07, 6.45) is 16.9. The molecule has 4 rings (SSSR count). The minimum atomic E-state index is -0.375. The Morgan fingerprint density at radius 2 is 2.03 bits per heavy atom. The number of likely N-dealkylation sites (N-methyl/N-ethyl adjacent to an activating group) is 1. The standard InChI is InChI=1S/C26H42N4O2/c1-19(27-2)25(31)28-23(17-21-10-11-21)26(32)30-16-13-22-9-6-14-29(18-24(22)30)15-12-20-7-4-3-5-8-20/h3-4,7,19,21-24,27H,5-6,8-18H2,1-2H3,(H,28,31)/t19-,22+,23-,24+/m0/s1. The Bertz CT molecular complexity index is 729. The third kappa shape index (κ3) is 6.02. The lowest BCUT2D eigenvalue weighted by atomic mass is 9.96. The second-order valence-electron chi connectivity index (χ2n) is 10.4. The van der Waals surface area contributed by atoms with Gasteiger partial charge in [-0.3, -0.25) is 9.59 Å². The molecule has 6 nitrogen and oxygen atoms in total. The summed E-state index contributed by atoms with van der Waals surface area (Å²) in [4.78, 5) is 31.0. The molecule has 6 heteroatoms. The lowest BCUT2D eigenvalue weighted by Crippen LogP contribution is -2.55. The SMILES string of the molecule is CN[C@@H](C)C(=O)N[C@@H](CC1CC1)C(=O)N1CC[C@H]2CCCN(CCC3=CC=CCC3)C[C@H]21. The van der Waals surface area contributed by atoms with E-state index in [4.69, 9.17) is 0 Å². The Morgan fingerprint density at radius 3 is 2.75 bits per heavy atom. The van der Waals surface area contributed by atoms with Crippen molar-refractivity contribution in [3.8, 4) is 0 Å². The van der Waals surface area contributed by atoms with E-state index in [1.807, 2.05) is 6.92 Å². The zero-order chi connectivity index (χ0) is 22.5. The maximum absolute atomic E-state index is 13.7. The Morgan fingerprint density at radius 1 is 1.19 bits per heavy atom. The molecule has 4 atom stereocenters. The predicted octanol–water partition coefficient (Wildman–Crippen LogP) is 2.86. The highest BCUT2D eigenvalue weighted by Crippen LogP contribution is 2.36. The van der Waals surface area contributed by atoms with Crippen LogP contribution in [0.2, 0.25) is 0 Å². The molecule has 3 fully saturated rings. The largest absolute Gasteiger partial charge is 0.343 e. The number of hydrogen-bond donors (Lipinski definition) is 2. The molecule has 0 aromatic carbocycles. The lowest BCUT2D eigenvalue weighted by Gasteiger charge is -2.34. The normalized spacial score (nSPS) is 27.9. The first kappa shape index (κ1) is 23.5. The Labute approximate surface area is 193 Å². The summed E-state index contributed by atoms with van der Waals surface area (Å²) < 4.78 is 0. The van der Waals surface area contributed by atoms with Gasteiger partial charge in [-0.05, 0) is 77.3 Å². The summed E-state index contributed by atoms with van der Waals surface area (Å²) in [6.45, 7) is 5.90. The van der Waals surface area contributed by atoms with E-state index < -0.39 is 0 Å². The minimum absolute atomic E-state index is 0.0699. The van der Waals surface area contributed by atoms with E-state index in [1.165, 1.54) is 38.5 Å². The fourth-order valence-corrected chi connectivity index (χ4v) is 5.61. The van der Waals surface area contributed by atoms with Crippen LogP contribution >= 0.6 is 0 Å². The van der Waals surface area contributed by atoms with E-state index >= 15 is 0 Å². The summed E-state index contributed by atoms with van der Waals surface area (Å²) in [5.74, 6) is 1.29. The monoisotopic (exact) mass is 442 g/mol. The molecule has 0 spiro atoms. The van der Waals surface area contributed by atoms with Crippen molar-refractivity contribution >= 4 is 11.8 Å². The van der Waals surface area contributed by atoms with Crippen molar-refractivity contribution in [2.24, 2.45) is 11.8 Å². The summed E-state index contributed by atoms with van der Waals surface area (Å²) in [7, 11) is 1.78. The number of nitrogens with one attached hydrogen (secondary N) is 2. The van der Waals surface area contributed by atoms with Crippen molar-refractivity contribution in [3.05, 3.63) is 23.8 Å². The van der Waals surface area contributed by atoms with Crippen LogP contribution in [0.5, 0.6) is 0 Å². The van der Waals surface area contributed by atoms with Gasteiger partial charge in [0.25, 0.3) is 0 Å². The van der Waals surface area contributed by atoms with Gasteiger partial charge in [0, 0.05) is 25.7 Å². The number of likely N-dealkylation sites (tertiary alicyclic amines) is 2. The second kappa shape index (κ2) is 11.0. The van der Waals surface area contributed by atoms with Crippen molar-refractivity contribution < 1.29 is 9.59 Å². The quantitative estimate of drug-likeness (QED) is 0.576. The van der Waals surface area contributed by atoms with E-state index in [9.17, 15) is 9.59 Å². The smallest absolute Gasteiger partial charge is 0.245 e. The minimum Gasteiger partial charge on any atom is -0.343 e. The average Bonchev–Trinajstić information content (AvgIpc) is 3.59. The van der Waals surface area contributed by atoms with Gasteiger partial charge in [0.05, 0.1) is 6.04 Å². The molecule has 0 unspecified atom stereocenters. The molecule has 32 heavy (non-hydrogen) atoms. The predicted molar refractivity (Wildman–Crippen MR) is 128 cm³/mol. The fraction of sp³-hybridized carbons (Fsp3) is 0.769. The highest BCUT2D eigenvalue weighted by Gasteiger charge is 2.42. The van der Waals surface area contributed by atoms with Crippen LogP contribution in [0.1, 0.15) is 64.7 Å². The molecule has 2 aliphatic carbocycles. The highest BCUT2D eigenvalue weighted by atomic mass is 16.2. The molecule has 2 aliphatic heterocycles.